The molecule has 8 heteroatoms. The van der Waals surface area contributed by atoms with Crippen LogP contribution in [0, 0.1) is 0 Å². The number of primary amides is 1. The number of aromatic nitrogens is 1. The highest BCUT2D eigenvalue weighted by molar-refractivity contribution is 7.89. The van der Waals surface area contributed by atoms with Gasteiger partial charge in [0.1, 0.15) is 0 Å². The van der Waals surface area contributed by atoms with Crippen LogP contribution in [0.4, 0.5) is 0 Å². The van der Waals surface area contributed by atoms with Crippen molar-refractivity contribution in [3.05, 3.63) is 77.6 Å². The molecule has 0 spiro atoms. The van der Waals surface area contributed by atoms with E-state index >= 15 is 0 Å². The van der Waals surface area contributed by atoms with E-state index in [1.807, 2.05) is 31.2 Å². The van der Waals surface area contributed by atoms with Crippen molar-refractivity contribution in [3.8, 4) is 0 Å². The molecule has 3 rings (SSSR count). The first-order valence-electron chi connectivity index (χ1n) is 9.47. The molecule has 4 N–H and O–H groups in total. The quantitative estimate of drug-likeness (QED) is 0.456. The first kappa shape index (κ1) is 21.6. The normalized spacial score (nSPS) is 12.2. The Morgan fingerprint density at radius 2 is 1.87 bits per heavy atom. The number of nitrogens with zero attached hydrogens (tertiary/aromatic N) is 1. The molecule has 0 bridgehead atoms. The van der Waals surface area contributed by atoms with Crippen LogP contribution in [0.15, 0.2) is 71.4 Å². The van der Waals surface area contributed by atoms with Gasteiger partial charge in [0.15, 0.2) is 0 Å². The molecule has 0 radical (unpaired) electrons. The summed E-state index contributed by atoms with van der Waals surface area (Å²) >= 11 is 0. The number of pyridine rings is 1. The molecule has 2 aromatic carbocycles. The minimum Gasteiger partial charge on any atom is -0.366 e. The van der Waals surface area contributed by atoms with E-state index in [-0.39, 0.29) is 11.4 Å². The van der Waals surface area contributed by atoms with E-state index in [2.05, 4.69) is 15.0 Å². The molecule has 1 aromatic heterocycles. The number of benzene rings is 2. The number of carbonyl (C=O) groups is 1. The van der Waals surface area contributed by atoms with Crippen LogP contribution in [0.3, 0.4) is 0 Å². The maximum absolute atomic E-state index is 12.7. The largest absolute Gasteiger partial charge is 0.366 e. The van der Waals surface area contributed by atoms with Crippen molar-refractivity contribution in [1.82, 2.24) is 15.0 Å². The van der Waals surface area contributed by atoms with Crippen LogP contribution in [0.25, 0.3) is 16.8 Å². The van der Waals surface area contributed by atoms with Crippen LogP contribution < -0.4 is 15.8 Å². The van der Waals surface area contributed by atoms with Crippen molar-refractivity contribution >= 4 is 32.8 Å². The lowest BCUT2D eigenvalue weighted by molar-refractivity contribution is 0.100. The molecule has 0 unspecified atom stereocenters. The van der Waals surface area contributed by atoms with Gasteiger partial charge in [0.05, 0.1) is 4.90 Å². The maximum Gasteiger partial charge on any atom is 0.248 e. The summed E-state index contributed by atoms with van der Waals surface area (Å²) in [6.07, 6.45) is 5.22. The van der Waals surface area contributed by atoms with Gasteiger partial charge in [-0.3, -0.25) is 9.78 Å². The average molecular weight is 425 g/mol. The van der Waals surface area contributed by atoms with Gasteiger partial charge in [-0.2, -0.15) is 0 Å². The zero-order valence-electron chi connectivity index (χ0n) is 16.6. The molecule has 0 saturated heterocycles. The highest BCUT2D eigenvalue weighted by Gasteiger charge is 2.16. The Kier molecular flexibility index (Phi) is 6.94. The Bertz CT molecular complexity index is 1170. The minimum atomic E-state index is -3.62. The van der Waals surface area contributed by atoms with Crippen LogP contribution in [0.2, 0.25) is 0 Å². The van der Waals surface area contributed by atoms with Crippen molar-refractivity contribution in [3.63, 3.8) is 0 Å². The number of sulfonamides is 1. The minimum absolute atomic E-state index is 0.248. The second kappa shape index (κ2) is 9.62. The highest BCUT2D eigenvalue weighted by atomic mass is 32.2. The number of hydrogen-bond acceptors (Lipinski definition) is 5. The molecule has 1 amide bonds. The van der Waals surface area contributed by atoms with Crippen molar-refractivity contribution in [2.24, 2.45) is 5.73 Å². The summed E-state index contributed by atoms with van der Waals surface area (Å²) in [4.78, 5) is 15.4. The van der Waals surface area contributed by atoms with Gasteiger partial charge in [-0.15, -0.1) is 0 Å². The third kappa shape index (κ3) is 5.50. The maximum atomic E-state index is 12.7. The van der Waals surface area contributed by atoms with E-state index in [0.717, 1.165) is 16.5 Å². The molecular formula is C22H24N4O3S. The number of amides is 1. The SMILES string of the molecule is C/C(=C\c1ccc(C(N)=O)cc1)CNCCNS(=O)(=O)c1cccc2cnccc12. The van der Waals surface area contributed by atoms with Gasteiger partial charge >= 0.3 is 0 Å². The highest BCUT2D eigenvalue weighted by Crippen LogP contribution is 2.21. The fourth-order valence-electron chi connectivity index (χ4n) is 3.04. The first-order valence-corrected chi connectivity index (χ1v) is 11.0. The Morgan fingerprint density at radius 1 is 1.10 bits per heavy atom. The Balaban J connectivity index is 1.51. The van der Waals surface area contributed by atoms with Crippen LogP contribution in [-0.4, -0.2) is 38.9 Å². The summed E-state index contributed by atoms with van der Waals surface area (Å²) < 4.78 is 27.9. The van der Waals surface area contributed by atoms with Gasteiger partial charge in [-0.05, 0) is 36.8 Å². The monoisotopic (exact) mass is 424 g/mol. The molecule has 7 nitrogen and oxygen atoms in total. The summed E-state index contributed by atoms with van der Waals surface area (Å²) in [5.41, 5.74) is 7.75. The summed E-state index contributed by atoms with van der Waals surface area (Å²) in [5, 5.41) is 4.64. The van der Waals surface area contributed by atoms with Gasteiger partial charge in [0.2, 0.25) is 15.9 Å². The third-order valence-electron chi connectivity index (χ3n) is 4.54. The molecule has 0 saturated carbocycles. The van der Waals surface area contributed by atoms with Crippen molar-refractivity contribution in [1.29, 1.82) is 0 Å². The predicted octanol–water partition coefficient (Wildman–Crippen LogP) is 2.31. The summed E-state index contributed by atoms with van der Waals surface area (Å²) in [7, 11) is -3.62. The van der Waals surface area contributed by atoms with Crippen molar-refractivity contribution < 1.29 is 13.2 Å². The Labute approximate surface area is 176 Å². The Hall–Kier alpha value is -3.07. The van der Waals surface area contributed by atoms with Crippen LogP contribution in [0.5, 0.6) is 0 Å². The number of nitrogens with two attached hydrogens (primary N) is 1. The van der Waals surface area contributed by atoms with E-state index in [0.29, 0.717) is 24.0 Å². The fraction of sp³-hybridized carbons (Fsp3) is 0.182. The number of hydrogen-bond donors (Lipinski definition) is 3. The van der Waals surface area contributed by atoms with Gasteiger partial charge in [-0.1, -0.05) is 35.9 Å². The summed E-state index contributed by atoms with van der Waals surface area (Å²) in [5.74, 6) is -0.452. The van der Waals surface area contributed by atoms with E-state index in [4.69, 9.17) is 5.73 Å². The second-order valence-electron chi connectivity index (χ2n) is 6.90. The summed E-state index contributed by atoms with van der Waals surface area (Å²) in [6.45, 7) is 3.34. The zero-order chi connectivity index (χ0) is 21.6. The van der Waals surface area contributed by atoms with Gasteiger partial charge in [0.25, 0.3) is 0 Å². The molecular weight excluding hydrogens is 400 g/mol. The number of fused-ring (bicyclic) bond motifs is 1. The number of rotatable bonds is 9. The first-order chi connectivity index (χ1) is 14.4. The van der Waals surface area contributed by atoms with Crippen molar-refractivity contribution in [2.45, 2.75) is 11.8 Å². The fourth-order valence-corrected chi connectivity index (χ4v) is 4.30. The lowest BCUT2D eigenvalue weighted by Crippen LogP contribution is -2.32. The Morgan fingerprint density at radius 3 is 2.60 bits per heavy atom. The topological polar surface area (TPSA) is 114 Å². The number of carbonyl (C=O) groups excluding carboxylic acids is 1. The molecule has 0 aliphatic heterocycles. The molecule has 1 heterocycles. The molecule has 0 aliphatic carbocycles. The van der Waals surface area contributed by atoms with Crippen LogP contribution in [-0.2, 0) is 10.0 Å². The molecule has 0 aliphatic rings. The predicted molar refractivity (Wildman–Crippen MR) is 118 cm³/mol. The van der Waals surface area contributed by atoms with Crippen molar-refractivity contribution in [2.75, 3.05) is 19.6 Å². The molecule has 0 fully saturated rings. The number of nitrogens with one attached hydrogen (secondary N) is 2. The zero-order valence-corrected chi connectivity index (χ0v) is 17.4. The second-order valence-corrected chi connectivity index (χ2v) is 8.64. The lowest BCUT2D eigenvalue weighted by Gasteiger charge is -2.10. The molecule has 0 atom stereocenters. The van der Waals surface area contributed by atoms with Crippen LogP contribution >= 0.6 is 0 Å². The molecule has 3 aromatic rings. The molecule has 30 heavy (non-hydrogen) atoms. The summed E-state index contributed by atoms with van der Waals surface area (Å²) in [6, 6.07) is 13.9. The average Bonchev–Trinajstić information content (AvgIpc) is 2.73. The molecule has 156 valence electrons. The third-order valence-corrected chi connectivity index (χ3v) is 6.06. The van der Waals surface area contributed by atoms with E-state index in [1.54, 1.807) is 42.7 Å². The van der Waals surface area contributed by atoms with Gasteiger partial charge in [0, 0.05) is 48.4 Å². The van der Waals surface area contributed by atoms with E-state index in [1.165, 1.54) is 0 Å². The van der Waals surface area contributed by atoms with Crippen LogP contribution in [0.1, 0.15) is 22.8 Å². The van der Waals surface area contributed by atoms with E-state index < -0.39 is 15.9 Å². The van der Waals surface area contributed by atoms with E-state index in [9.17, 15) is 13.2 Å². The lowest BCUT2D eigenvalue weighted by atomic mass is 10.1. The van der Waals surface area contributed by atoms with Gasteiger partial charge < -0.3 is 11.1 Å². The smallest absolute Gasteiger partial charge is 0.248 e. The van der Waals surface area contributed by atoms with Gasteiger partial charge in [-0.25, -0.2) is 13.1 Å². The standard InChI is InChI=1S/C22H24N4O3S/c1-16(13-17-5-7-18(8-6-17)22(23)27)14-25-11-12-26-30(28,29)21-4-2-3-19-15-24-10-9-20(19)21/h2-10,13,15,25-26H,11-12,14H2,1H3,(H2,23,27)/b16-13+.